The summed E-state index contributed by atoms with van der Waals surface area (Å²) in [5.41, 5.74) is 6.62. The summed E-state index contributed by atoms with van der Waals surface area (Å²) in [7, 11) is 0. The van der Waals surface area contributed by atoms with Crippen LogP contribution >= 0.6 is 23.1 Å². The van der Waals surface area contributed by atoms with Gasteiger partial charge in [0.25, 0.3) is 5.22 Å². The molecule has 6 heteroatoms. The number of nitrogens with two attached hydrogens (primary N) is 1. The molecule has 0 spiro atoms. The molecule has 0 aliphatic heterocycles. The van der Waals surface area contributed by atoms with Gasteiger partial charge in [-0.1, -0.05) is 11.8 Å². The molecule has 2 heterocycles. The van der Waals surface area contributed by atoms with Gasteiger partial charge in [0.1, 0.15) is 0 Å². The normalized spacial score (nSPS) is 10.6. The maximum Gasteiger partial charge on any atom is 0.276 e. The van der Waals surface area contributed by atoms with Gasteiger partial charge in [0.15, 0.2) is 0 Å². The van der Waals surface area contributed by atoms with Crippen LogP contribution < -0.4 is 5.73 Å². The van der Waals surface area contributed by atoms with E-state index in [1.54, 1.807) is 11.3 Å². The number of aromatic nitrogens is 2. The van der Waals surface area contributed by atoms with E-state index in [2.05, 4.69) is 27.0 Å². The van der Waals surface area contributed by atoms with Crippen molar-refractivity contribution in [2.45, 2.75) is 17.5 Å². The van der Waals surface area contributed by atoms with Crippen LogP contribution in [0, 0.1) is 0 Å². The number of thioether (sulfide) groups is 1. The van der Waals surface area contributed by atoms with E-state index in [1.165, 1.54) is 17.3 Å². The van der Waals surface area contributed by atoms with Gasteiger partial charge in [0.05, 0.1) is 6.54 Å². The Hall–Kier alpha value is -0.850. The quantitative estimate of drug-likeness (QED) is 0.808. The lowest BCUT2D eigenvalue weighted by atomic mass is 10.4. The van der Waals surface area contributed by atoms with Crippen molar-refractivity contribution in [3.05, 3.63) is 28.3 Å². The SMILES string of the molecule is NCc1nnc(SCc2ccsc2)o1. The Bertz CT molecular complexity index is 385. The molecule has 2 aromatic heterocycles. The minimum absolute atomic E-state index is 0.298. The maximum absolute atomic E-state index is 5.35. The van der Waals surface area contributed by atoms with E-state index in [4.69, 9.17) is 10.2 Å². The van der Waals surface area contributed by atoms with Crippen molar-refractivity contribution in [3.63, 3.8) is 0 Å². The molecule has 0 bridgehead atoms. The first-order chi connectivity index (χ1) is 6.88. The summed E-state index contributed by atoms with van der Waals surface area (Å²) in [6, 6.07) is 2.08. The molecule has 0 aromatic carbocycles. The molecule has 0 aliphatic carbocycles. The Morgan fingerprint density at radius 1 is 1.50 bits per heavy atom. The highest BCUT2D eigenvalue weighted by molar-refractivity contribution is 7.98. The Morgan fingerprint density at radius 3 is 3.07 bits per heavy atom. The molecule has 0 saturated carbocycles. The van der Waals surface area contributed by atoms with E-state index in [9.17, 15) is 0 Å². The fourth-order valence-corrected chi connectivity index (χ4v) is 2.40. The van der Waals surface area contributed by atoms with Crippen molar-refractivity contribution in [1.29, 1.82) is 0 Å². The standard InChI is InChI=1S/C8H9N3OS2/c9-3-7-10-11-8(12-7)14-5-6-1-2-13-4-6/h1-2,4H,3,5,9H2. The molecule has 2 N–H and O–H groups in total. The zero-order chi connectivity index (χ0) is 9.80. The summed E-state index contributed by atoms with van der Waals surface area (Å²) < 4.78 is 5.25. The van der Waals surface area contributed by atoms with Crippen molar-refractivity contribution in [2.75, 3.05) is 0 Å². The van der Waals surface area contributed by atoms with Gasteiger partial charge in [-0.05, 0) is 22.4 Å². The van der Waals surface area contributed by atoms with Gasteiger partial charge in [-0.3, -0.25) is 0 Å². The van der Waals surface area contributed by atoms with Gasteiger partial charge in [-0.25, -0.2) is 0 Å². The second-order valence-electron chi connectivity index (χ2n) is 2.59. The van der Waals surface area contributed by atoms with Crippen LogP contribution in [-0.4, -0.2) is 10.2 Å². The molecule has 0 saturated heterocycles. The van der Waals surface area contributed by atoms with Gasteiger partial charge >= 0.3 is 0 Å². The van der Waals surface area contributed by atoms with E-state index in [1.807, 2.05) is 0 Å². The first-order valence-electron chi connectivity index (χ1n) is 4.05. The molecule has 4 nitrogen and oxygen atoms in total. The van der Waals surface area contributed by atoms with E-state index >= 15 is 0 Å². The molecule has 0 unspecified atom stereocenters. The third-order valence-corrected chi connectivity index (χ3v) is 3.19. The van der Waals surface area contributed by atoms with Crippen LogP contribution in [0.1, 0.15) is 11.5 Å². The molecular formula is C8H9N3OS2. The first kappa shape index (κ1) is 9.70. The summed E-state index contributed by atoms with van der Waals surface area (Å²) >= 11 is 3.21. The van der Waals surface area contributed by atoms with Crippen LogP contribution in [0.3, 0.4) is 0 Å². The van der Waals surface area contributed by atoms with Gasteiger partial charge in [-0.15, -0.1) is 10.2 Å². The molecule has 0 fully saturated rings. The Balaban J connectivity index is 1.92. The van der Waals surface area contributed by atoms with E-state index in [0.29, 0.717) is 17.7 Å². The third-order valence-electron chi connectivity index (χ3n) is 1.57. The summed E-state index contributed by atoms with van der Waals surface area (Å²) in [4.78, 5) is 0. The van der Waals surface area contributed by atoms with Crippen molar-refractivity contribution in [2.24, 2.45) is 5.73 Å². The molecule has 2 aromatic rings. The van der Waals surface area contributed by atoms with E-state index in [-0.39, 0.29) is 0 Å². The average Bonchev–Trinajstić information content (AvgIpc) is 2.86. The minimum Gasteiger partial charge on any atom is -0.415 e. The zero-order valence-corrected chi connectivity index (χ0v) is 8.98. The smallest absolute Gasteiger partial charge is 0.276 e. The summed E-state index contributed by atoms with van der Waals surface area (Å²) in [5, 5.41) is 12.4. The highest BCUT2D eigenvalue weighted by atomic mass is 32.2. The fourth-order valence-electron chi connectivity index (χ4n) is 0.899. The van der Waals surface area contributed by atoms with Crippen LogP contribution in [0.25, 0.3) is 0 Å². The number of hydrogen-bond acceptors (Lipinski definition) is 6. The number of hydrogen-bond donors (Lipinski definition) is 1. The second kappa shape index (κ2) is 4.59. The van der Waals surface area contributed by atoms with E-state index in [0.717, 1.165) is 5.75 Å². The van der Waals surface area contributed by atoms with Crippen molar-refractivity contribution in [3.8, 4) is 0 Å². The Labute approximate surface area is 89.5 Å². The van der Waals surface area contributed by atoms with Crippen LogP contribution in [0.5, 0.6) is 0 Å². The monoisotopic (exact) mass is 227 g/mol. The zero-order valence-electron chi connectivity index (χ0n) is 7.34. The van der Waals surface area contributed by atoms with Gasteiger partial charge in [-0.2, -0.15) is 11.3 Å². The lowest BCUT2D eigenvalue weighted by Gasteiger charge is -1.91. The lowest BCUT2D eigenvalue weighted by molar-refractivity contribution is 0.415. The Kier molecular flexibility index (Phi) is 3.18. The molecule has 0 aliphatic rings. The van der Waals surface area contributed by atoms with Crippen molar-refractivity contribution in [1.82, 2.24) is 10.2 Å². The molecule has 74 valence electrons. The van der Waals surface area contributed by atoms with Crippen LogP contribution in [0.2, 0.25) is 0 Å². The topological polar surface area (TPSA) is 64.9 Å². The van der Waals surface area contributed by atoms with Gasteiger partial charge < -0.3 is 10.2 Å². The highest BCUT2D eigenvalue weighted by Crippen LogP contribution is 2.22. The fraction of sp³-hybridized carbons (Fsp3) is 0.250. The molecule has 14 heavy (non-hydrogen) atoms. The predicted octanol–water partition coefficient (Wildman–Crippen LogP) is 1.88. The molecule has 0 amide bonds. The molecular weight excluding hydrogens is 218 g/mol. The van der Waals surface area contributed by atoms with Gasteiger partial charge in [0, 0.05) is 5.75 Å². The van der Waals surface area contributed by atoms with Crippen LogP contribution in [-0.2, 0) is 12.3 Å². The summed E-state index contributed by atoms with van der Waals surface area (Å²) in [6.45, 7) is 0.298. The van der Waals surface area contributed by atoms with Crippen molar-refractivity contribution < 1.29 is 4.42 Å². The largest absolute Gasteiger partial charge is 0.415 e. The Morgan fingerprint density at radius 2 is 2.43 bits per heavy atom. The number of rotatable bonds is 4. The first-order valence-corrected chi connectivity index (χ1v) is 5.97. The average molecular weight is 227 g/mol. The maximum atomic E-state index is 5.35. The molecule has 0 atom stereocenters. The summed E-state index contributed by atoms with van der Waals surface area (Å²) in [5.74, 6) is 1.34. The molecule has 2 rings (SSSR count). The predicted molar refractivity (Wildman–Crippen MR) is 56.1 cm³/mol. The van der Waals surface area contributed by atoms with Crippen LogP contribution in [0.4, 0.5) is 0 Å². The number of thiophene rings is 1. The third kappa shape index (κ3) is 2.34. The van der Waals surface area contributed by atoms with Crippen LogP contribution in [0.15, 0.2) is 26.5 Å². The van der Waals surface area contributed by atoms with E-state index < -0.39 is 0 Å². The molecule has 0 radical (unpaired) electrons. The number of nitrogens with zero attached hydrogens (tertiary/aromatic N) is 2. The highest BCUT2D eigenvalue weighted by Gasteiger charge is 2.05. The summed E-state index contributed by atoms with van der Waals surface area (Å²) in [6.07, 6.45) is 0. The van der Waals surface area contributed by atoms with Gasteiger partial charge in [0.2, 0.25) is 5.89 Å². The minimum atomic E-state index is 0.298. The lowest BCUT2D eigenvalue weighted by Crippen LogP contribution is -1.95. The van der Waals surface area contributed by atoms with Crippen molar-refractivity contribution >= 4 is 23.1 Å². The second-order valence-corrected chi connectivity index (χ2v) is 4.29.